The summed E-state index contributed by atoms with van der Waals surface area (Å²) in [5.74, 6) is -0.505. The molecule has 5 atom stereocenters. The number of aryl methyl sites for hydroxylation is 1. The van der Waals surface area contributed by atoms with E-state index in [1.807, 2.05) is 19.1 Å². The molecule has 3 fully saturated rings. The van der Waals surface area contributed by atoms with Gasteiger partial charge < -0.3 is 35.4 Å². The predicted molar refractivity (Wildman–Crippen MR) is 185 cm³/mol. The number of aliphatic hydroxyl groups is 4. The minimum atomic E-state index is -2.10. The van der Waals surface area contributed by atoms with E-state index in [9.17, 15) is 25.2 Å². The Morgan fingerprint density at radius 2 is 1.70 bits per heavy atom. The van der Waals surface area contributed by atoms with Crippen molar-refractivity contribution in [3.05, 3.63) is 87.6 Å². The Bertz CT molecular complexity index is 1710. The van der Waals surface area contributed by atoms with Gasteiger partial charge in [-0.05, 0) is 88.3 Å². The number of hydrogen-bond acceptors (Lipinski definition) is 7. The van der Waals surface area contributed by atoms with Gasteiger partial charge in [-0.2, -0.15) is 0 Å². The Kier molecular flexibility index (Phi) is 8.61. The lowest BCUT2D eigenvalue weighted by Gasteiger charge is -2.40. The molecule has 9 nitrogen and oxygen atoms in total. The molecule has 0 radical (unpaired) electrons. The first-order valence-electron chi connectivity index (χ1n) is 17.0. The van der Waals surface area contributed by atoms with Gasteiger partial charge in [-0.1, -0.05) is 25.2 Å². The lowest BCUT2D eigenvalue weighted by Crippen LogP contribution is -2.64. The van der Waals surface area contributed by atoms with Crippen LogP contribution in [-0.2, 0) is 4.74 Å². The van der Waals surface area contributed by atoms with Crippen molar-refractivity contribution in [2.24, 2.45) is 0 Å². The zero-order valence-corrected chi connectivity index (χ0v) is 28.4. The molecule has 1 amide bonds. The molecule has 7 rings (SSSR count). The minimum Gasteiger partial charge on any atom is -0.394 e. The summed E-state index contributed by atoms with van der Waals surface area (Å²) in [6.07, 6.45) is 6.27. The molecule has 5 N–H and O–H groups in total. The number of benzene rings is 2. The molecule has 10 heteroatoms. The van der Waals surface area contributed by atoms with Gasteiger partial charge in [-0.15, -0.1) is 0 Å². The van der Waals surface area contributed by atoms with Gasteiger partial charge in [-0.25, -0.2) is 4.58 Å². The zero-order chi connectivity index (χ0) is 33.0. The summed E-state index contributed by atoms with van der Waals surface area (Å²) in [5, 5.41) is 46.1. The number of rotatable bonds is 5. The van der Waals surface area contributed by atoms with Gasteiger partial charge in [0.2, 0.25) is 0 Å². The Morgan fingerprint density at radius 3 is 2.40 bits per heavy atom. The third-order valence-electron chi connectivity index (χ3n) is 10.8. The lowest BCUT2D eigenvalue weighted by atomic mass is 9.87. The van der Waals surface area contributed by atoms with Crippen LogP contribution < -0.4 is 15.4 Å². The number of carbonyl (C=O) groups excluding carboxylic acids is 1. The second kappa shape index (κ2) is 12.6. The molecule has 0 saturated carbocycles. The molecule has 2 unspecified atom stereocenters. The summed E-state index contributed by atoms with van der Waals surface area (Å²) in [7, 11) is -2.10. The Labute approximate surface area is 277 Å². The van der Waals surface area contributed by atoms with Gasteiger partial charge in [0.15, 0.2) is 12.0 Å². The van der Waals surface area contributed by atoms with Crippen molar-refractivity contribution in [3.63, 3.8) is 0 Å². The molecule has 4 heterocycles. The molecule has 1 aliphatic carbocycles. The summed E-state index contributed by atoms with van der Waals surface area (Å²) in [4.78, 5) is 15.9. The van der Waals surface area contributed by atoms with Gasteiger partial charge in [0, 0.05) is 49.3 Å². The van der Waals surface area contributed by atoms with Crippen LogP contribution in [0.15, 0.2) is 65.4 Å². The molecular formula is C37H46N3O6Si+. The van der Waals surface area contributed by atoms with Crippen LogP contribution >= 0.6 is 0 Å². The third-order valence-corrected chi connectivity index (χ3v) is 14.3. The maximum Gasteiger partial charge on any atom is 0.251 e. The van der Waals surface area contributed by atoms with Gasteiger partial charge in [0.05, 0.1) is 6.61 Å². The highest BCUT2D eigenvalue weighted by atomic mass is 28.3. The molecule has 248 valence electrons. The number of carbonyl (C=O) groups is 1. The third kappa shape index (κ3) is 5.64. The minimum absolute atomic E-state index is 0.366. The van der Waals surface area contributed by atoms with Crippen molar-refractivity contribution < 1.29 is 34.5 Å². The zero-order valence-electron chi connectivity index (χ0n) is 27.4. The summed E-state index contributed by atoms with van der Waals surface area (Å²) in [6, 6.07) is 11.4. The standard InChI is InChI=1S/C37H45N3O6Si/c1-22-18-23(36(44)38-33-35(43)34(42)29(21-41)46-37(33)45)8-11-26(22)32-27-12-9-24(39-14-4-5-15-39)19-30(27)47(2,3)31-20-25(10-13-28(31)32)40-16-6-7-17-40/h8-13,18-20,29,33-35,37,41-43,45H,4-7,14-17,21H2,1-3H3/p+1/t29?,33-,34+,35?,37+/m0/s1. The number of nitrogens with zero attached hydrogens (tertiary/aromatic N) is 2. The van der Waals surface area contributed by atoms with Crippen LogP contribution in [0.3, 0.4) is 0 Å². The quantitative estimate of drug-likeness (QED) is 0.247. The lowest BCUT2D eigenvalue weighted by molar-refractivity contribution is -0.504. The van der Waals surface area contributed by atoms with Crippen LogP contribution in [0, 0.1) is 6.92 Å². The first-order chi connectivity index (χ1) is 22.6. The summed E-state index contributed by atoms with van der Waals surface area (Å²) >= 11 is 0. The van der Waals surface area contributed by atoms with Crippen molar-refractivity contribution >= 4 is 36.1 Å². The van der Waals surface area contributed by atoms with E-state index in [4.69, 9.17) is 4.74 Å². The highest BCUT2D eigenvalue weighted by Gasteiger charge is 2.45. The SMILES string of the molecule is Cc1cc(C(=O)N[C@H]2C(O)[C@H](O)C(CO)O[C@H]2O)ccc1C1=C2C=CC(=[N+]3CCCC3)C=C2[Si](C)(C)c2cc(N3CCCC3)ccc21. The second-order valence-electron chi connectivity index (χ2n) is 14.1. The maximum absolute atomic E-state index is 13.4. The predicted octanol–water partition coefficient (Wildman–Crippen LogP) is 2.14. The normalized spacial score (nSPS) is 28.4. The first-order valence-corrected chi connectivity index (χ1v) is 20.0. The van der Waals surface area contributed by atoms with E-state index in [-0.39, 0.29) is 0 Å². The van der Waals surface area contributed by atoms with E-state index in [1.165, 1.54) is 64.2 Å². The van der Waals surface area contributed by atoms with Crippen LogP contribution in [-0.4, -0.2) is 108 Å². The fraction of sp³-hybridized carbons (Fsp3) is 0.459. The number of allylic oxidation sites excluding steroid dienone is 5. The van der Waals surface area contributed by atoms with E-state index < -0.39 is 51.2 Å². The molecule has 2 aromatic carbocycles. The average molecular weight is 657 g/mol. The van der Waals surface area contributed by atoms with E-state index >= 15 is 0 Å². The van der Waals surface area contributed by atoms with E-state index in [0.717, 1.165) is 37.3 Å². The van der Waals surface area contributed by atoms with Crippen molar-refractivity contribution in [3.8, 4) is 0 Å². The van der Waals surface area contributed by atoms with E-state index in [0.29, 0.717) is 5.56 Å². The fourth-order valence-corrected chi connectivity index (χ4v) is 11.1. The van der Waals surface area contributed by atoms with Gasteiger partial charge >= 0.3 is 0 Å². The Balaban J connectivity index is 1.28. The van der Waals surface area contributed by atoms with Crippen LogP contribution in [0.1, 0.15) is 52.7 Å². The molecule has 2 aromatic rings. The molecule has 47 heavy (non-hydrogen) atoms. The molecule has 3 saturated heterocycles. The Hall–Kier alpha value is -3.38. The summed E-state index contributed by atoms with van der Waals surface area (Å²) in [6.45, 7) is 10.8. The number of ether oxygens (including phenoxy) is 1. The molecule has 5 aliphatic rings. The van der Waals surface area contributed by atoms with E-state index in [1.54, 1.807) is 6.07 Å². The average Bonchev–Trinajstić information content (AvgIpc) is 3.81. The van der Waals surface area contributed by atoms with E-state index in [2.05, 4.69) is 64.3 Å². The summed E-state index contributed by atoms with van der Waals surface area (Å²) in [5.41, 5.74) is 8.64. The molecule has 0 spiro atoms. The number of aliphatic hydroxyl groups excluding tert-OH is 4. The highest BCUT2D eigenvalue weighted by Crippen LogP contribution is 2.43. The van der Waals surface area contributed by atoms with Crippen LogP contribution in [0.2, 0.25) is 13.1 Å². The van der Waals surface area contributed by atoms with Crippen molar-refractivity contribution in [2.45, 2.75) is 76.3 Å². The number of amides is 1. The largest absolute Gasteiger partial charge is 0.394 e. The molecular weight excluding hydrogens is 611 g/mol. The maximum atomic E-state index is 13.4. The number of fused-ring (bicyclic) bond motifs is 2. The molecule has 0 bridgehead atoms. The van der Waals surface area contributed by atoms with Crippen LogP contribution in [0.25, 0.3) is 5.57 Å². The topological polar surface area (TPSA) is 126 Å². The molecule has 0 aromatic heterocycles. The summed E-state index contributed by atoms with van der Waals surface area (Å²) < 4.78 is 7.74. The first kappa shape index (κ1) is 32.2. The van der Waals surface area contributed by atoms with Crippen molar-refractivity contribution in [1.82, 2.24) is 5.32 Å². The van der Waals surface area contributed by atoms with Crippen molar-refractivity contribution in [1.29, 1.82) is 0 Å². The number of anilines is 1. The number of nitrogens with one attached hydrogen (secondary N) is 1. The van der Waals surface area contributed by atoms with Crippen LogP contribution in [0.4, 0.5) is 5.69 Å². The second-order valence-corrected chi connectivity index (χ2v) is 18.4. The fourth-order valence-electron chi connectivity index (χ4n) is 8.03. The van der Waals surface area contributed by atoms with Crippen molar-refractivity contribution in [2.75, 3.05) is 37.7 Å². The molecule has 4 aliphatic heterocycles. The van der Waals surface area contributed by atoms with Gasteiger partial charge in [0.1, 0.15) is 45.5 Å². The van der Waals surface area contributed by atoms with Gasteiger partial charge in [0.25, 0.3) is 5.91 Å². The monoisotopic (exact) mass is 656 g/mol. The van der Waals surface area contributed by atoms with Crippen LogP contribution in [0.5, 0.6) is 0 Å². The van der Waals surface area contributed by atoms with Gasteiger partial charge in [-0.3, -0.25) is 4.79 Å². The smallest absolute Gasteiger partial charge is 0.251 e. The number of hydrogen-bond donors (Lipinski definition) is 5. The Morgan fingerprint density at radius 1 is 0.979 bits per heavy atom. The highest BCUT2D eigenvalue weighted by molar-refractivity contribution is 6.98.